The summed E-state index contributed by atoms with van der Waals surface area (Å²) in [4.78, 5) is 14.6. The van der Waals surface area contributed by atoms with Crippen molar-refractivity contribution in [3.05, 3.63) is 35.6 Å². The molecule has 1 atom stereocenters. The summed E-state index contributed by atoms with van der Waals surface area (Å²) in [5.41, 5.74) is 0.708. The van der Waals surface area contributed by atoms with Crippen LogP contribution in [0, 0.1) is 11.7 Å². The number of carbonyl (C=O) groups is 1. The summed E-state index contributed by atoms with van der Waals surface area (Å²) in [6.07, 6.45) is 1.91. The van der Waals surface area contributed by atoms with E-state index in [9.17, 15) is 9.18 Å². The summed E-state index contributed by atoms with van der Waals surface area (Å²) in [6, 6.07) is 6.89. The van der Waals surface area contributed by atoms with E-state index in [4.69, 9.17) is 0 Å². The molecule has 1 heterocycles. The molecule has 1 N–H and O–H groups in total. The van der Waals surface area contributed by atoms with Gasteiger partial charge in [0.25, 0.3) is 0 Å². The number of thioether (sulfide) groups is 1. The number of carbonyl (C=O) groups excluding carboxylic acids is 1. The van der Waals surface area contributed by atoms with Gasteiger partial charge in [0.15, 0.2) is 0 Å². The van der Waals surface area contributed by atoms with Crippen molar-refractivity contribution in [2.45, 2.75) is 44.9 Å². The molecule has 0 aromatic heterocycles. The van der Waals surface area contributed by atoms with Crippen LogP contribution in [0.3, 0.4) is 0 Å². The molecule has 1 aromatic carbocycles. The Morgan fingerprint density at radius 1 is 1.38 bits per heavy atom. The molecular weight excluding hydrogens is 323 g/mol. The van der Waals surface area contributed by atoms with Gasteiger partial charge in [-0.15, -0.1) is 0 Å². The summed E-state index contributed by atoms with van der Waals surface area (Å²) < 4.78 is 14.0. The summed E-state index contributed by atoms with van der Waals surface area (Å²) in [7, 11) is 0. The maximum absolute atomic E-state index is 13.8. The molecule has 1 fully saturated rings. The van der Waals surface area contributed by atoms with E-state index in [0.29, 0.717) is 25.2 Å². The smallest absolute Gasteiger partial charge is 0.224 e. The number of nitrogens with one attached hydrogen (secondary N) is 1. The summed E-state index contributed by atoms with van der Waals surface area (Å²) in [5, 5.41) is 3.06. The highest BCUT2D eigenvalue weighted by molar-refractivity contribution is 8.00. The number of rotatable bonds is 6. The first kappa shape index (κ1) is 19.3. The van der Waals surface area contributed by atoms with Gasteiger partial charge in [-0.2, -0.15) is 11.8 Å². The number of piperidine rings is 1. The van der Waals surface area contributed by atoms with Crippen LogP contribution >= 0.6 is 11.8 Å². The summed E-state index contributed by atoms with van der Waals surface area (Å²) in [5.74, 6) is 0.928. The van der Waals surface area contributed by atoms with Crippen molar-refractivity contribution in [2.75, 3.05) is 25.4 Å². The van der Waals surface area contributed by atoms with E-state index in [1.54, 1.807) is 6.07 Å². The lowest BCUT2D eigenvalue weighted by molar-refractivity contribution is -0.126. The standard InChI is InChI=1S/C19H29FN2OS/c1-19(2,3)24-12-10-21-18(23)16-8-6-11-22(14-16)13-15-7-4-5-9-17(15)20/h4-5,7,9,16H,6,8,10-14H2,1-3H3,(H,21,23). The molecule has 1 aliphatic heterocycles. The Hall–Kier alpha value is -1.07. The normalized spacial score (nSPS) is 19.2. The minimum atomic E-state index is -0.164. The van der Waals surface area contributed by atoms with Crippen LogP contribution in [0.2, 0.25) is 0 Å². The van der Waals surface area contributed by atoms with Crippen LogP contribution in [0.15, 0.2) is 24.3 Å². The Labute approximate surface area is 149 Å². The van der Waals surface area contributed by atoms with Gasteiger partial charge < -0.3 is 5.32 Å². The monoisotopic (exact) mass is 352 g/mol. The van der Waals surface area contributed by atoms with Gasteiger partial charge in [-0.3, -0.25) is 9.69 Å². The van der Waals surface area contributed by atoms with Crippen LogP contribution in [0.1, 0.15) is 39.2 Å². The zero-order valence-electron chi connectivity index (χ0n) is 15.0. The summed E-state index contributed by atoms with van der Waals surface area (Å²) >= 11 is 1.86. The molecule has 3 nitrogen and oxygen atoms in total. The van der Waals surface area contributed by atoms with Crippen molar-refractivity contribution in [1.29, 1.82) is 0 Å². The lowest BCUT2D eigenvalue weighted by Crippen LogP contribution is -2.43. The fraction of sp³-hybridized carbons (Fsp3) is 0.632. The van der Waals surface area contributed by atoms with Crippen LogP contribution in [0.25, 0.3) is 0 Å². The van der Waals surface area contributed by atoms with E-state index >= 15 is 0 Å². The molecular formula is C19H29FN2OS. The third-order valence-electron chi connectivity index (χ3n) is 4.16. The SMILES string of the molecule is CC(C)(C)SCCNC(=O)C1CCCN(Cc2ccccc2F)C1. The Balaban J connectivity index is 1.78. The number of amides is 1. The van der Waals surface area contributed by atoms with E-state index in [1.165, 1.54) is 6.07 Å². The topological polar surface area (TPSA) is 32.3 Å². The zero-order valence-corrected chi connectivity index (χ0v) is 15.8. The number of hydrogen-bond acceptors (Lipinski definition) is 3. The number of halogens is 1. The van der Waals surface area contributed by atoms with E-state index in [1.807, 2.05) is 23.9 Å². The first-order valence-corrected chi connectivity index (χ1v) is 9.71. The van der Waals surface area contributed by atoms with E-state index in [0.717, 1.165) is 25.1 Å². The highest BCUT2D eigenvalue weighted by Gasteiger charge is 2.26. The lowest BCUT2D eigenvalue weighted by Gasteiger charge is -2.32. The predicted molar refractivity (Wildman–Crippen MR) is 99.6 cm³/mol. The van der Waals surface area contributed by atoms with Gasteiger partial charge in [0, 0.05) is 35.7 Å². The minimum absolute atomic E-state index is 0.0187. The molecule has 1 saturated heterocycles. The van der Waals surface area contributed by atoms with Crippen LogP contribution in [0.5, 0.6) is 0 Å². The van der Waals surface area contributed by atoms with Gasteiger partial charge in [0.1, 0.15) is 5.82 Å². The molecule has 0 saturated carbocycles. The quantitative estimate of drug-likeness (QED) is 0.793. The second kappa shape index (κ2) is 8.86. The predicted octanol–water partition coefficient (Wildman–Crippen LogP) is 3.69. The Morgan fingerprint density at radius 3 is 2.83 bits per heavy atom. The number of hydrogen-bond donors (Lipinski definition) is 1. The largest absolute Gasteiger partial charge is 0.355 e. The number of benzene rings is 1. The number of nitrogens with zero attached hydrogens (tertiary/aromatic N) is 1. The van der Waals surface area contributed by atoms with Gasteiger partial charge in [0.2, 0.25) is 5.91 Å². The van der Waals surface area contributed by atoms with Gasteiger partial charge in [-0.1, -0.05) is 39.0 Å². The van der Waals surface area contributed by atoms with Gasteiger partial charge in [-0.25, -0.2) is 4.39 Å². The maximum atomic E-state index is 13.8. The highest BCUT2D eigenvalue weighted by Crippen LogP contribution is 2.22. The molecule has 1 aliphatic rings. The van der Waals surface area contributed by atoms with E-state index < -0.39 is 0 Å². The van der Waals surface area contributed by atoms with E-state index in [-0.39, 0.29) is 22.4 Å². The van der Waals surface area contributed by atoms with Crippen molar-refractivity contribution in [1.82, 2.24) is 10.2 Å². The van der Waals surface area contributed by atoms with Crippen LogP contribution < -0.4 is 5.32 Å². The zero-order chi connectivity index (χ0) is 17.6. The molecule has 0 spiro atoms. The molecule has 134 valence electrons. The van der Waals surface area contributed by atoms with Crippen molar-refractivity contribution in [3.63, 3.8) is 0 Å². The minimum Gasteiger partial charge on any atom is -0.355 e. The number of likely N-dealkylation sites (tertiary alicyclic amines) is 1. The maximum Gasteiger partial charge on any atom is 0.224 e. The van der Waals surface area contributed by atoms with Crippen LogP contribution in [0.4, 0.5) is 4.39 Å². The Morgan fingerprint density at radius 2 is 2.12 bits per heavy atom. The first-order chi connectivity index (χ1) is 11.3. The van der Waals surface area contributed by atoms with Gasteiger partial charge in [0.05, 0.1) is 5.92 Å². The molecule has 0 aliphatic carbocycles. The third-order valence-corrected chi connectivity index (χ3v) is 5.44. The third kappa shape index (κ3) is 6.44. The fourth-order valence-corrected chi connectivity index (χ4v) is 3.77. The highest BCUT2D eigenvalue weighted by atomic mass is 32.2. The fourth-order valence-electron chi connectivity index (χ4n) is 2.96. The first-order valence-electron chi connectivity index (χ1n) is 8.72. The van der Waals surface area contributed by atoms with Crippen molar-refractivity contribution >= 4 is 17.7 Å². The van der Waals surface area contributed by atoms with E-state index in [2.05, 4.69) is 31.0 Å². The molecule has 0 radical (unpaired) electrons. The van der Waals surface area contributed by atoms with Crippen LogP contribution in [-0.4, -0.2) is 40.9 Å². The molecule has 1 aromatic rings. The molecule has 2 rings (SSSR count). The van der Waals surface area contributed by atoms with Gasteiger partial charge >= 0.3 is 0 Å². The van der Waals surface area contributed by atoms with Gasteiger partial charge in [-0.05, 0) is 25.5 Å². The Bertz CT molecular complexity index is 544. The lowest BCUT2D eigenvalue weighted by atomic mass is 9.96. The van der Waals surface area contributed by atoms with Crippen molar-refractivity contribution in [2.24, 2.45) is 5.92 Å². The second-order valence-electron chi connectivity index (χ2n) is 7.42. The average molecular weight is 353 g/mol. The Kier molecular flexibility index (Phi) is 7.11. The molecule has 24 heavy (non-hydrogen) atoms. The van der Waals surface area contributed by atoms with Crippen molar-refractivity contribution in [3.8, 4) is 0 Å². The molecule has 5 heteroatoms. The molecule has 1 amide bonds. The average Bonchev–Trinajstić information content (AvgIpc) is 2.53. The molecule has 0 bridgehead atoms. The second-order valence-corrected chi connectivity index (χ2v) is 9.34. The summed E-state index contributed by atoms with van der Waals surface area (Å²) in [6.45, 7) is 9.48. The van der Waals surface area contributed by atoms with Crippen molar-refractivity contribution < 1.29 is 9.18 Å². The van der Waals surface area contributed by atoms with Crippen LogP contribution in [-0.2, 0) is 11.3 Å². The molecule has 1 unspecified atom stereocenters.